The third-order valence-corrected chi connectivity index (χ3v) is 17.7. The smallest absolute Gasteiger partial charge is 0.136 e. The fourth-order valence-corrected chi connectivity index (χ4v) is 13.4. The molecule has 0 amide bonds. The van der Waals surface area contributed by atoms with Crippen LogP contribution in [0.1, 0.15) is 0 Å². The third-order valence-electron chi connectivity index (χ3n) is 17.7. The Hall–Kier alpha value is -11.7. The van der Waals surface area contributed by atoms with E-state index in [2.05, 4.69) is 312 Å². The van der Waals surface area contributed by atoms with E-state index in [1.165, 1.54) is 116 Å². The Balaban J connectivity index is 0.000000137. The van der Waals surface area contributed by atoms with E-state index in [9.17, 15) is 0 Å². The molecular formula is C84H54N2O2. The van der Waals surface area contributed by atoms with Crippen molar-refractivity contribution in [3.8, 4) is 78.1 Å². The van der Waals surface area contributed by atoms with Crippen LogP contribution in [0.5, 0.6) is 0 Å². The molecule has 412 valence electrons. The van der Waals surface area contributed by atoms with Gasteiger partial charge in [0.25, 0.3) is 0 Å². The van der Waals surface area contributed by atoms with Crippen molar-refractivity contribution in [1.29, 1.82) is 0 Å². The van der Waals surface area contributed by atoms with Crippen LogP contribution < -0.4 is 0 Å². The maximum atomic E-state index is 6.20. The van der Waals surface area contributed by atoms with Gasteiger partial charge in [-0.3, -0.25) is 0 Å². The molecule has 18 aromatic rings. The highest BCUT2D eigenvalue weighted by atomic mass is 16.3. The highest BCUT2D eigenvalue weighted by Gasteiger charge is 2.19. The number of hydrogen-bond donors (Lipinski definition) is 0. The molecule has 14 aromatic carbocycles. The summed E-state index contributed by atoms with van der Waals surface area (Å²) in [5.74, 6) is 0. The van der Waals surface area contributed by atoms with Crippen molar-refractivity contribution in [3.63, 3.8) is 0 Å². The lowest BCUT2D eigenvalue weighted by Crippen LogP contribution is -1.94. The van der Waals surface area contributed by atoms with Crippen LogP contribution in [0.2, 0.25) is 0 Å². The van der Waals surface area contributed by atoms with Crippen molar-refractivity contribution < 1.29 is 8.83 Å². The molecule has 88 heavy (non-hydrogen) atoms. The minimum absolute atomic E-state index is 0.918. The first-order valence-electron chi connectivity index (χ1n) is 30.0. The van der Waals surface area contributed by atoms with Gasteiger partial charge >= 0.3 is 0 Å². The number of para-hydroxylation sites is 4. The first-order valence-corrected chi connectivity index (χ1v) is 30.0. The van der Waals surface area contributed by atoms with Crippen molar-refractivity contribution in [3.05, 3.63) is 328 Å². The van der Waals surface area contributed by atoms with Gasteiger partial charge in [0.15, 0.2) is 0 Å². The maximum Gasteiger partial charge on any atom is 0.136 e. The SMILES string of the molecule is c1ccc(-c2ccc(-c3ccc(-n4c5ccccc5c5cc(-c6cccc7oc8ccccc8c67)ccc54)cc3)cc2)cc1.c1ccc(-c2cccc(-n3c4ccccc4c4ccc(-c5ccc(-c6ccc7oc8ccccc8c7c6)cc5)cc43)c2)cc1. The lowest BCUT2D eigenvalue weighted by atomic mass is 9.98. The van der Waals surface area contributed by atoms with Gasteiger partial charge in [-0.1, -0.05) is 243 Å². The molecule has 0 fully saturated rings. The molecule has 4 heterocycles. The molecular weight excluding hydrogens is 1070 g/mol. The fourth-order valence-electron chi connectivity index (χ4n) is 13.4. The number of rotatable bonds is 8. The lowest BCUT2D eigenvalue weighted by molar-refractivity contribution is 0.668. The van der Waals surface area contributed by atoms with Crippen LogP contribution in [0.3, 0.4) is 0 Å². The van der Waals surface area contributed by atoms with E-state index in [0.29, 0.717) is 0 Å². The molecule has 0 saturated carbocycles. The standard InChI is InChI=1S/2C42H27NO/c1-2-9-28(10-3-1)31-11-8-12-34(25-31)43-39-15-6-4-13-35(39)36-23-21-33(27-40(36)43)30-19-17-29(18-20-30)32-22-24-42-38(26-32)37-14-5-7-16-41(37)44-42;1-2-9-28(10-3-1)29-17-19-30(20-18-29)31-21-24-33(25-22-31)43-38-14-6-4-11-35(38)37-27-32(23-26-39(37)43)34-13-8-16-41-42(34)36-12-5-7-15-40(36)44-41/h2*1-27H. The first kappa shape index (κ1) is 50.8. The second-order valence-electron chi connectivity index (χ2n) is 22.7. The van der Waals surface area contributed by atoms with Gasteiger partial charge in [0.05, 0.1) is 22.1 Å². The van der Waals surface area contributed by atoms with Crippen LogP contribution in [-0.4, -0.2) is 9.13 Å². The van der Waals surface area contributed by atoms with Crippen molar-refractivity contribution in [2.75, 3.05) is 0 Å². The average Bonchev–Trinajstić information content (AvgIpc) is 1.98. The summed E-state index contributed by atoms with van der Waals surface area (Å²) in [4.78, 5) is 0. The molecule has 0 unspecified atom stereocenters. The summed E-state index contributed by atoms with van der Waals surface area (Å²) in [6.07, 6.45) is 0. The third kappa shape index (κ3) is 8.77. The fraction of sp³-hybridized carbons (Fsp3) is 0. The monoisotopic (exact) mass is 1120 g/mol. The number of fused-ring (bicyclic) bond motifs is 12. The predicted molar refractivity (Wildman–Crippen MR) is 369 cm³/mol. The summed E-state index contributed by atoms with van der Waals surface area (Å²) in [7, 11) is 0. The molecule has 0 N–H and O–H groups in total. The summed E-state index contributed by atoms with van der Waals surface area (Å²) in [6, 6.07) is 117. The molecule has 0 saturated heterocycles. The summed E-state index contributed by atoms with van der Waals surface area (Å²) >= 11 is 0. The first-order chi connectivity index (χ1) is 43.6. The van der Waals surface area contributed by atoms with Gasteiger partial charge in [-0.15, -0.1) is 0 Å². The molecule has 4 heteroatoms. The van der Waals surface area contributed by atoms with E-state index < -0.39 is 0 Å². The van der Waals surface area contributed by atoms with E-state index >= 15 is 0 Å². The van der Waals surface area contributed by atoms with E-state index in [1.54, 1.807) is 0 Å². The second kappa shape index (κ2) is 21.1. The Morgan fingerprint density at radius 1 is 0.182 bits per heavy atom. The van der Waals surface area contributed by atoms with Crippen LogP contribution in [0, 0.1) is 0 Å². The van der Waals surface area contributed by atoms with Crippen molar-refractivity contribution in [1.82, 2.24) is 9.13 Å². The van der Waals surface area contributed by atoms with Gasteiger partial charge in [0.2, 0.25) is 0 Å². The molecule has 0 spiro atoms. The highest BCUT2D eigenvalue weighted by Crippen LogP contribution is 2.42. The number of aromatic nitrogens is 2. The second-order valence-corrected chi connectivity index (χ2v) is 22.7. The van der Waals surface area contributed by atoms with Crippen molar-refractivity contribution in [2.24, 2.45) is 0 Å². The Bertz CT molecular complexity index is 5650. The summed E-state index contributed by atoms with van der Waals surface area (Å²) in [5.41, 5.74) is 25.3. The molecule has 18 rings (SSSR count). The summed E-state index contributed by atoms with van der Waals surface area (Å²) < 4.78 is 17.0. The summed E-state index contributed by atoms with van der Waals surface area (Å²) in [5, 5.41) is 9.62. The Labute approximate surface area is 508 Å². The number of benzene rings is 14. The van der Waals surface area contributed by atoms with Crippen LogP contribution in [0.15, 0.2) is 336 Å². The maximum absolute atomic E-state index is 6.20. The van der Waals surface area contributed by atoms with Gasteiger partial charge in [-0.05, 0) is 152 Å². The molecule has 0 aliphatic carbocycles. The van der Waals surface area contributed by atoms with E-state index in [-0.39, 0.29) is 0 Å². The zero-order chi connectivity index (χ0) is 58.1. The minimum atomic E-state index is 0.918. The van der Waals surface area contributed by atoms with E-state index in [4.69, 9.17) is 8.83 Å². The summed E-state index contributed by atoms with van der Waals surface area (Å²) in [6.45, 7) is 0. The largest absolute Gasteiger partial charge is 0.456 e. The lowest BCUT2D eigenvalue weighted by Gasteiger charge is -2.11. The Morgan fingerprint density at radius 2 is 0.580 bits per heavy atom. The Morgan fingerprint density at radius 3 is 1.26 bits per heavy atom. The van der Waals surface area contributed by atoms with E-state index in [1.807, 2.05) is 24.3 Å². The highest BCUT2D eigenvalue weighted by molar-refractivity contribution is 6.16. The Kier molecular flexibility index (Phi) is 12.2. The molecule has 0 radical (unpaired) electrons. The molecule has 4 aromatic heterocycles. The zero-order valence-corrected chi connectivity index (χ0v) is 47.9. The van der Waals surface area contributed by atoms with Gasteiger partial charge in [0.1, 0.15) is 22.3 Å². The molecule has 0 atom stereocenters. The van der Waals surface area contributed by atoms with Gasteiger partial charge in [-0.2, -0.15) is 0 Å². The number of nitrogens with zero attached hydrogens (tertiary/aromatic N) is 2. The number of furan rings is 2. The van der Waals surface area contributed by atoms with Crippen LogP contribution in [-0.2, 0) is 0 Å². The predicted octanol–water partition coefficient (Wildman–Crippen LogP) is 23.4. The molecule has 0 bridgehead atoms. The van der Waals surface area contributed by atoms with Gasteiger partial charge in [0, 0.05) is 54.5 Å². The normalized spacial score (nSPS) is 11.6. The van der Waals surface area contributed by atoms with E-state index in [0.717, 1.165) is 49.9 Å². The van der Waals surface area contributed by atoms with Crippen molar-refractivity contribution >= 4 is 87.5 Å². The topological polar surface area (TPSA) is 36.1 Å². The molecule has 0 aliphatic heterocycles. The quantitative estimate of drug-likeness (QED) is 0.152. The van der Waals surface area contributed by atoms with Gasteiger partial charge < -0.3 is 18.0 Å². The van der Waals surface area contributed by atoms with Gasteiger partial charge in [-0.25, -0.2) is 0 Å². The zero-order valence-electron chi connectivity index (χ0n) is 47.9. The van der Waals surface area contributed by atoms with Crippen LogP contribution >= 0.6 is 0 Å². The average molecular weight is 1120 g/mol. The van der Waals surface area contributed by atoms with Crippen LogP contribution in [0.25, 0.3) is 166 Å². The molecule has 4 nitrogen and oxygen atoms in total. The number of hydrogen-bond acceptors (Lipinski definition) is 2. The van der Waals surface area contributed by atoms with Crippen LogP contribution in [0.4, 0.5) is 0 Å². The molecule has 0 aliphatic rings. The minimum Gasteiger partial charge on any atom is -0.456 e. The van der Waals surface area contributed by atoms with Crippen molar-refractivity contribution in [2.45, 2.75) is 0 Å².